The van der Waals surface area contributed by atoms with Gasteiger partial charge in [0, 0.05) is 19.4 Å². The van der Waals surface area contributed by atoms with E-state index in [1.165, 1.54) is 96.3 Å². The standard InChI is InChI=1S/C39H71IN2O2/c1-3-5-7-9-11-13-15-17-18-20-22-24-26-28-30-35-39(44)42-37(40)33-31-32-36-41-38(43)34-29-27-25-23-21-19-16-14-12-10-8-6-4-2/h5,7,11,13,17-18,37H,3-4,6,8-10,12,14-16,19-36H2,1-2H3,(H,41,43)(H,42,44)/b7-5-,13-11-,18-17-/t37-/m0/s1. The molecule has 0 radical (unpaired) electrons. The first-order chi connectivity index (χ1) is 21.6. The van der Waals surface area contributed by atoms with Gasteiger partial charge in [0.2, 0.25) is 11.8 Å². The van der Waals surface area contributed by atoms with Crippen molar-refractivity contribution in [2.45, 2.75) is 191 Å². The van der Waals surface area contributed by atoms with E-state index < -0.39 is 0 Å². The van der Waals surface area contributed by atoms with Gasteiger partial charge in [-0.05, 0) is 64.2 Å². The van der Waals surface area contributed by atoms with E-state index in [1.807, 2.05) is 0 Å². The van der Waals surface area contributed by atoms with E-state index in [0.29, 0.717) is 12.8 Å². The van der Waals surface area contributed by atoms with Crippen LogP contribution in [0.2, 0.25) is 0 Å². The highest BCUT2D eigenvalue weighted by Gasteiger charge is 2.08. The molecule has 0 fully saturated rings. The van der Waals surface area contributed by atoms with Crippen LogP contribution < -0.4 is 10.6 Å². The molecule has 2 amide bonds. The monoisotopic (exact) mass is 726 g/mol. The van der Waals surface area contributed by atoms with Gasteiger partial charge >= 0.3 is 0 Å². The van der Waals surface area contributed by atoms with Crippen LogP contribution in [0.1, 0.15) is 187 Å². The Balaban J connectivity index is 3.44. The minimum Gasteiger partial charge on any atom is -0.356 e. The van der Waals surface area contributed by atoms with Gasteiger partial charge in [-0.15, -0.1) is 0 Å². The summed E-state index contributed by atoms with van der Waals surface area (Å²) >= 11 is 2.34. The number of halogens is 1. The molecule has 1 atom stereocenters. The zero-order chi connectivity index (χ0) is 32.2. The fourth-order valence-electron chi connectivity index (χ4n) is 5.29. The second-order valence-electron chi connectivity index (χ2n) is 12.5. The Morgan fingerprint density at radius 3 is 1.59 bits per heavy atom. The van der Waals surface area contributed by atoms with Crippen molar-refractivity contribution in [2.75, 3.05) is 6.54 Å². The van der Waals surface area contributed by atoms with Gasteiger partial charge in [0.25, 0.3) is 0 Å². The Labute approximate surface area is 287 Å². The molecule has 0 saturated heterocycles. The molecule has 2 N–H and O–H groups in total. The summed E-state index contributed by atoms with van der Waals surface area (Å²) in [6.45, 7) is 5.19. The smallest absolute Gasteiger partial charge is 0.220 e. The molecule has 44 heavy (non-hydrogen) atoms. The average molecular weight is 727 g/mol. The number of unbranched alkanes of at least 4 members (excludes halogenated alkanes) is 18. The molecule has 4 nitrogen and oxygen atoms in total. The van der Waals surface area contributed by atoms with E-state index in [1.54, 1.807) is 0 Å². The molecule has 0 spiro atoms. The maximum atomic E-state index is 12.2. The molecule has 0 unspecified atom stereocenters. The van der Waals surface area contributed by atoms with Gasteiger partial charge in [0.1, 0.15) is 0 Å². The molecule has 0 aromatic carbocycles. The third kappa shape index (κ3) is 35.4. The van der Waals surface area contributed by atoms with Crippen molar-refractivity contribution in [2.24, 2.45) is 0 Å². The topological polar surface area (TPSA) is 58.2 Å². The summed E-state index contributed by atoms with van der Waals surface area (Å²) < 4.78 is 0.177. The SMILES string of the molecule is CC/C=C\C/C=C\C/C=C\CCCCCCCC(=O)N[C@H](I)CCCCNC(=O)CCCCCCCCCCCCCCC. The molecule has 0 rings (SSSR count). The van der Waals surface area contributed by atoms with Gasteiger partial charge in [-0.3, -0.25) is 9.59 Å². The molecular weight excluding hydrogens is 655 g/mol. The molecule has 0 saturated carbocycles. The van der Waals surface area contributed by atoms with Crippen LogP contribution in [-0.4, -0.2) is 22.4 Å². The third-order valence-corrected chi connectivity index (χ3v) is 9.02. The summed E-state index contributed by atoms with van der Waals surface area (Å²) in [6, 6.07) is 0. The van der Waals surface area contributed by atoms with Crippen LogP contribution >= 0.6 is 22.6 Å². The first-order valence-corrected chi connectivity index (χ1v) is 20.0. The van der Waals surface area contributed by atoms with Crippen LogP contribution in [-0.2, 0) is 9.59 Å². The fraction of sp³-hybridized carbons (Fsp3) is 0.795. The summed E-state index contributed by atoms with van der Waals surface area (Å²) in [4.78, 5) is 24.3. The first kappa shape index (κ1) is 42.9. The van der Waals surface area contributed by atoms with Crippen LogP contribution in [0.5, 0.6) is 0 Å². The minimum atomic E-state index is 0.177. The van der Waals surface area contributed by atoms with Gasteiger partial charge < -0.3 is 10.6 Å². The molecule has 0 heterocycles. The summed E-state index contributed by atoms with van der Waals surface area (Å²) in [5, 5.41) is 6.21. The summed E-state index contributed by atoms with van der Waals surface area (Å²) in [7, 11) is 0. The van der Waals surface area contributed by atoms with E-state index in [0.717, 1.165) is 70.8 Å². The number of hydrogen-bond acceptors (Lipinski definition) is 2. The Morgan fingerprint density at radius 1 is 0.545 bits per heavy atom. The summed E-state index contributed by atoms with van der Waals surface area (Å²) in [5.74, 6) is 0.375. The van der Waals surface area contributed by atoms with Gasteiger partial charge in [-0.1, -0.05) is 169 Å². The van der Waals surface area contributed by atoms with Crippen LogP contribution in [0.4, 0.5) is 0 Å². The molecule has 5 heteroatoms. The van der Waals surface area contributed by atoms with Crippen molar-refractivity contribution in [1.29, 1.82) is 0 Å². The molecule has 0 aliphatic heterocycles. The predicted molar refractivity (Wildman–Crippen MR) is 202 cm³/mol. The second-order valence-corrected chi connectivity index (χ2v) is 14.0. The van der Waals surface area contributed by atoms with Gasteiger partial charge in [0.15, 0.2) is 0 Å². The number of amides is 2. The molecule has 0 bridgehead atoms. The van der Waals surface area contributed by atoms with E-state index in [2.05, 4.69) is 83.5 Å². The van der Waals surface area contributed by atoms with Crippen LogP contribution in [0.15, 0.2) is 36.5 Å². The zero-order valence-corrected chi connectivity index (χ0v) is 31.2. The Kier molecular flexibility index (Phi) is 35.4. The molecule has 0 aliphatic carbocycles. The fourth-order valence-corrected chi connectivity index (χ4v) is 6.08. The summed E-state index contributed by atoms with van der Waals surface area (Å²) in [6.07, 6.45) is 45.2. The number of carbonyl (C=O) groups excluding carboxylic acids is 2. The largest absolute Gasteiger partial charge is 0.356 e. The summed E-state index contributed by atoms with van der Waals surface area (Å²) in [5.41, 5.74) is 0. The number of nitrogens with one attached hydrogen (secondary N) is 2. The van der Waals surface area contributed by atoms with Crippen molar-refractivity contribution in [3.63, 3.8) is 0 Å². The number of hydrogen-bond donors (Lipinski definition) is 2. The van der Waals surface area contributed by atoms with Crippen LogP contribution in [0.3, 0.4) is 0 Å². The van der Waals surface area contributed by atoms with Gasteiger partial charge in [-0.2, -0.15) is 0 Å². The van der Waals surface area contributed by atoms with Crippen molar-refractivity contribution >= 4 is 34.4 Å². The minimum absolute atomic E-state index is 0.177. The molecule has 0 aromatic heterocycles. The highest BCUT2D eigenvalue weighted by molar-refractivity contribution is 14.1. The maximum Gasteiger partial charge on any atom is 0.220 e. The Bertz CT molecular complexity index is 719. The van der Waals surface area contributed by atoms with Crippen molar-refractivity contribution in [3.05, 3.63) is 36.5 Å². The highest BCUT2D eigenvalue weighted by atomic mass is 127. The number of rotatable bonds is 33. The second kappa shape index (κ2) is 36.4. The molecule has 256 valence electrons. The number of carbonyl (C=O) groups is 2. The highest BCUT2D eigenvalue weighted by Crippen LogP contribution is 2.14. The number of allylic oxidation sites excluding steroid dienone is 6. The van der Waals surface area contributed by atoms with Crippen molar-refractivity contribution < 1.29 is 9.59 Å². The van der Waals surface area contributed by atoms with E-state index in [-0.39, 0.29) is 15.9 Å². The predicted octanol–water partition coefficient (Wildman–Crippen LogP) is 12.2. The Morgan fingerprint density at radius 2 is 1.02 bits per heavy atom. The molecular formula is C39H71IN2O2. The lowest BCUT2D eigenvalue weighted by Gasteiger charge is -2.12. The van der Waals surface area contributed by atoms with Crippen molar-refractivity contribution in [1.82, 2.24) is 10.6 Å². The van der Waals surface area contributed by atoms with E-state index in [4.69, 9.17) is 0 Å². The molecule has 0 aliphatic rings. The number of alkyl halides is 1. The maximum absolute atomic E-state index is 12.2. The van der Waals surface area contributed by atoms with E-state index >= 15 is 0 Å². The van der Waals surface area contributed by atoms with Gasteiger partial charge in [0.05, 0.1) is 4.05 Å². The first-order valence-electron chi connectivity index (χ1n) is 18.7. The molecule has 0 aromatic rings. The van der Waals surface area contributed by atoms with Crippen molar-refractivity contribution in [3.8, 4) is 0 Å². The third-order valence-electron chi connectivity index (χ3n) is 8.09. The average Bonchev–Trinajstić information content (AvgIpc) is 3.01. The lowest BCUT2D eigenvalue weighted by Crippen LogP contribution is -2.30. The van der Waals surface area contributed by atoms with Crippen LogP contribution in [0, 0.1) is 0 Å². The zero-order valence-electron chi connectivity index (χ0n) is 29.0. The lowest BCUT2D eigenvalue weighted by atomic mass is 10.0. The van der Waals surface area contributed by atoms with E-state index in [9.17, 15) is 9.59 Å². The lowest BCUT2D eigenvalue weighted by molar-refractivity contribution is -0.122. The van der Waals surface area contributed by atoms with Gasteiger partial charge in [-0.25, -0.2) is 0 Å². The Hall–Kier alpha value is -1.11. The normalized spacial score (nSPS) is 12.5. The van der Waals surface area contributed by atoms with Crippen LogP contribution in [0.25, 0.3) is 0 Å². The quantitative estimate of drug-likeness (QED) is 0.0233.